The van der Waals surface area contributed by atoms with Gasteiger partial charge >= 0.3 is 0 Å². The number of carbonyl (C=O) groups is 2. The van der Waals surface area contributed by atoms with Gasteiger partial charge in [0.1, 0.15) is 11.9 Å². The number of hydrogen-bond acceptors (Lipinski definition) is 3. The third kappa shape index (κ3) is 8.09. The van der Waals surface area contributed by atoms with Crippen molar-refractivity contribution in [3.8, 4) is 0 Å². The minimum absolute atomic E-state index is 0.0892. The number of nitrogens with one attached hydrogen (secondary N) is 1. The van der Waals surface area contributed by atoms with Crippen molar-refractivity contribution in [2.45, 2.75) is 31.7 Å². The normalized spacial score (nSPS) is 11.7. The summed E-state index contributed by atoms with van der Waals surface area (Å²) in [5.41, 5.74) is 2.24. The highest BCUT2D eigenvalue weighted by Gasteiger charge is 2.30. The predicted molar refractivity (Wildman–Crippen MR) is 145 cm³/mol. The summed E-state index contributed by atoms with van der Waals surface area (Å²) in [6, 6.07) is 21.2. The largest absolute Gasteiger partial charge is 0.355 e. The first kappa shape index (κ1) is 27.2. The van der Waals surface area contributed by atoms with Gasteiger partial charge in [-0.1, -0.05) is 76.1 Å². The summed E-state index contributed by atoms with van der Waals surface area (Å²) in [7, 11) is 0. The molecule has 0 aromatic heterocycles. The molecule has 1 N–H and O–H groups in total. The number of amides is 2. The number of halogens is 3. The Bertz CT molecular complexity index is 1110. The Morgan fingerprint density at radius 1 is 1.03 bits per heavy atom. The van der Waals surface area contributed by atoms with Crippen LogP contribution in [0.1, 0.15) is 23.6 Å². The zero-order valence-corrected chi connectivity index (χ0v) is 22.5. The molecule has 0 unspecified atom stereocenters. The first-order valence-corrected chi connectivity index (χ1v) is 13.6. The highest BCUT2D eigenvalue weighted by atomic mass is 79.9. The van der Waals surface area contributed by atoms with Crippen LogP contribution in [-0.2, 0) is 28.3 Å². The maximum atomic E-state index is 14.2. The second kappa shape index (κ2) is 13.7. The van der Waals surface area contributed by atoms with Gasteiger partial charge in [0.25, 0.3) is 0 Å². The zero-order valence-electron chi connectivity index (χ0n) is 19.3. The lowest BCUT2D eigenvalue weighted by molar-refractivity contribution is -0.139. The lowest BCUT2D eigenvalue weighted by Gasteiger charge is -2.31. The van der Waals surface area contributed by atoms with Crippen LogP contribution in [0.25, 0.3) is 0 Å². The number of hydrogen-bond donors (Lipinski definition) is 1. The molecule has 184 valence electrons. The molecule has 0 saturated carbocycles. The summed E-state index contributed by atoms with van der Waals surface area (Å²) in [5, 5.41) is 3.21. The fourth-order valence-corrected chi connectivity index (χ4v) is 5.14. The topological polar surface area (TPSA) is 49.4 Å². The molecule has 0 aliphatic carbocycles. The number of nitrogens with zero attached hydrogens (tertiary/aromatic N) is 1. The minimum Gasteiger partial charge on any atom is -0.355 e. The molecule has 4 nitrogen and oxygen atoms in total. The Morgan fingerprint density at radius 2 is 1.74 bits per heavy atom. The van der Waals surface area contributed by atoms with Gasteiger partial charge in [0.05, 0.1) is 5.75 Å². The summed E-state index contributed by atoms with van der Waals surface area (Å²) in [6.07, 6.45) is 0.388. The molecule has 3 aromatic rings. The smallest absolute Gasteiger partial charge is 0.243 e. The third-order valence-electron chi connectivity index (χ3n) is 5.42. The molecule has 8 heteroatoms. The van der Waals surface area contributed by atoms with Crippen LogP contribution in [0.5, 0.6) is 0 Å². The average Bonchev–Trinajstić information content (AvgIpc) is 2.85. The number of benzene rings is 3. The minimum atomic E-state index is -0.689. The van der Waals surface area contributed by atoms with Gasteiger partial charge in [0.2, 0.25) is 11.8 Å². The molecule has 0 bridgehead atoms. The number of thioether (sulfide) groups is 1. The Morgan fingerprint density at radius 3 is 2.40 bits per heavy atom. The number of likely N-dealkylation sites (N-methyl/N-ethyl adjacent to an activating group) is 1. The van der Waals surface area contributed by atoms with Gasteiger partial charge in [-0.2, -0.15) is 0 Å². The van der Waals surface area contributed by atoms with Gasteiger partial charge in [0, 0.05) is 40.3 Å². The van der Waals surface area contributed by atoms with Gasteiger partial charge in [-0.3, -0.25) is 9.59 Å². The van der Waals surface area contributed by atoms with E-state index in [0.717, 1.165) is 15.6 Å². The molecule has 0 radical (unpaired) electrons. The first-order chi connectivity index (χ1) is 16.9. The fraction of sp³-hybridized carbons (Fsp3) is 0.259. The Labute approximate surface area is 223 Å². The fourth-order valence-electron chi connectivity index (χ4n) is 3.63. The molecular formula is C27H27BrClFN2O2S. The lowest BCUT2D eigenvalue weighted by Crippen LogP contribution is -2.51. The van der Waals surface area contributed by atoms with Crippen molar-refractivity contribution in [1.82, 2.24) is 10.2 Å². The van der Waals surface area contributed by atoms with E-state index in [4.69, 9.17) is 11.6 Å². The standard InChI is InChI=1S/C27H27BrClFN2O2S/c1-2-31-27(34)25(15-19-7-4-3-5-8-19)32(16-20-11-13-21(28)14-12-20)26(33)18-35-17-22-23(29)9-6-10-24(22)30/h3-14,25H,2,15-18H2,1H3,(H,31,34)/t25-/m0/s1. The first-order valence-electron chi connectivity index (χ1n) is 11.2. The van der Waals surface area contributed by atoms with Crippen molar-refractivity contribution >= 4 is 51.1 Å². The summed E-state index contributed by atoms with van der Waals surface area (Å²) in [4.78, 5) is 28.3. The van der Waals surface area contributed by atoms with E-state index < -0.39 is 11.9 Å². The van der Waals surface area contributed by atoms with Crippen molar-refractivity contribution in [2.75, 3.05) is 12.3 Å². The molecule has 0 aliphatic heterocycles. The second-order valence-corrected chi connectivity index (χ2v) is 10.2. The van der Waals surface area contributed by atoms with E-state index >= 15 is 0 Å². The molecule has 0 fully saturated rings. The van der Waals surface area contributed by atoms with Crippen LogP contribution in [0, 0.1) is 5.82 Å². The SMILES string of the molecule is CCNC(=O)[C@H](Cc1ccccc1)N(Cc1ccc(Br)cc1)C(=O)CSCc1c(F)cccc1Cl. The summed E-state index contributed by atoms with van der Waals surface area (Å²) >= 11 is 10.9. The van der Waals surface area contributed by atoms with Crippen LogP contribution in [0.3, 0.4) is 0 Å². The van der Waals surface area contributed by atoms with E-state index in [-0.39, 0.29) is 29.9 Å². The van der Waals surface area contributed by atoms with Gasteiger partial charge in [-0.25, -0.2) is 4.39 Å². The molecule has 0 spiro atoms. The summed E-state index contributed by atoms with van der Waals surface area (Å²) < 4.78 is 15.1. The Balaban J connectivity index is 1.84. The maximum Gasteiger partial charge on any atom is 0.243 e. The molecular weight excluding hydrogens is 551 g/mol. The van der Waals surface area contributed by atoms with E-state index in [1.54, 1.807) is 17.0 Å². The van der Waals surface area contributed by atoms with Gasteiger partial charge in [-0.15, -0.1) is 11.8 Å². The highest BCUT2D eigenvalue weighted by molar-refractivity contribution is 9.10. The van der Waals surface area contributed by atoms with Crippen LogP contribution in [0.15, 0.2) is 77.3 Å². The van der Waals surface area contributed by atoms with Crippen LogP contribution >= 0.6 is 39.3 Å². The molecule has 2 amide bonds. The summed E-state index contributed by atoms with van der Waals surface area (Å²) in [5.74, 6) is -0.449. The molecule has 0 aliphatic rings. The second-order valence-electron chi connectivity index (χ2n) is 7.94. The quantitative estimate of drug-likeness (QED) is 0.293. The van der Waals surface area contributed by atoms with Crippen molar-refractivity contribution in [2.24, 2.45) is 0 Å². The van der Waals surface area contributed by atoms with Gasteiger partial charge < -0.3 is 10.2 Å². The van der Waals surface area contributed by atoms with Crippen LogP contribution in [-0.4, -0.2) is 35.1 Å². The molecule has 35 heavy (non-hydrogen) atoms. The number of rotatable bonds is 11. The third-order valence-corrected chi connectivity index (χ3v) is 7.25. The van der Waals surface area contributed by atoms with Crippen LogP contribution in [0.2, 0.25) is 5.02 Å². The molecule has 3 rings (SSSR count). The van der Waals surface area contributed by atoms with E-state index in [9.17, 15) is 14.0 Å². The lowest BCUT2D eigenvalue weighted by atomic mass is 10.0. The highest BCUT2D eigenvalue weighted by Crippen LogP contribution is 2.25. The molecule has 0 saturated heterocycles. The van der Waals surface area contributed by atoms with E-state index in [0.29, 0.717) is 23.6 Å². The van der Waals surface area contributed by atoms with Crippen molar-refractivity contribution < 1.29 is 14.0 Å². The maximum absolute atomic E-state index is 14.2. The van der Waals surface area contributed by atoms with E-state index in [1.165, 1.54) is 17.8 Å². The Hall–Kier alpha value is -2.35. The van der Waals surface area contributed by atoms with Crippen molar-refractivity contribution in [3.05, 3.63) is 105 Å². The van der Waals surface area contributed by atoms with Crippen molar-refractivity contribution in [1.29, 1.82) is 0 Å². The predicted octanol–water partition coefficient (Wildman–Crippen LogP) is 6.25. The summed E-state index contributed by atoms with van der Waals surface area (Å²) in [6.45, 7) is 2.60. The van der Waals surface area contributed by atoms with Crippen LogP contribution < -0.4 is 5.32 Å². The van der Waals surface area contributed by atoms with E-state index in [1.807, 2.05) is 61.5 Å². The molecule has 1 atom stereocenters. The van der Waals surface area contributed by atoms with Gasteiger partial charge in [0.15, 0.2) is 0 Å². The number of carbonyl (C=O) groups excluding carboxylic acids is 2. The van der Waals surface area contributed by atoms with Crippen molar-refractivity contribution in [3.63, 3.8) is 0 Å². The molecule has 0 heterocycles. The zero-order chi connectivity index (χ0) is 25.2. The molecule has 3 aromatic carbocycles. The monoisotopic (exact) mass is 576 g/mol. The average molecular weight is 578 g/mol. The van der Waals surface area contributed by atoms with Gasteiger partial charge in [-0.05, 0) is 42.3 Å². The van der Waals surface area contributed by atoms with Crippen LogP contribution in [0.4, 0.5) is 4.39 Å². The van der Waals surface area contributed by atoms with E-state index in [2.05, 4.69) is 21.2 Å². The Kier molecular flexibility index (Phi) is 10.6.